The molecule has 1 heterocycles. The minimum Gasteiger partial charge on any atom is -0.441 e. The van der Waals surface area contributed by atoms with Gasteiger partial charge in [-0.1, -0.05) is 11.6 Å². The number of carbonyl (C=O) groups excluding carboxylic acids is 1. The Hall–Kier alpha value is -1.22. The van der Waals surface area contributed by atoms with E-state index < -0.39 is 5.60 Å². The molecule has 1 aliphatic rings. The van der Waals surface area contributed by atoms with Crippen LogP contribution in [0.5, 0.6) is 0 Å². The van der Waals surface area contributed by atoms with E-state index in [4.69, 9.17) is 16.3 Å². The fourth-order valence-corrected chi connectivity index (χ4v) is 1.89. The summed E-state index contributed by atoms with van der Waals surface area (Å²) in [5.74, 6) is 0. The zero-order valence-corrected chi connectivity index (χ0v) is 10.3. The lowest BCUT2D eigenvalue weighted by Gasteiger charge is -2.25. The average Bonchev–Trinajstić information content (AvgIpc) is 2.39. The molecule has 1 aliphatic heterocycles. The number of rotatable bonds is 1. The van der Waals surface area contributed by atoms with Gasteiger partial charge < -0.3 is 4.74 Å². The van der Waals surface area contributed by atoms with E-state index >= 15 is 0 Å². The molecule has 1 atom stereocenters. The van der Waals surface area contributed by atoms with Gasteiger partial charge in [-0.3, -0.25) is 4.90 Å². The molecule has 16 heavy (non-hydrogen) atoms. The second kappa shape index (κ2) is 3.67. The topological polar surface area (TPSA) is 29.5 Å². The normalized spacial score (nSPS) is 23.4. The summed E-state index contributed by atoms with van der Waals surface area (Å²) in [4.78, 5) is 13.4. The molecule has 0 saturated carbocycles. The van der Waals surface area contributed by atoms with Crippen molar-refractivity contribution in [2.75, 3.05) is 4.90 Å². The van der Waals surface area contributed by atoms with Gasteiger partial charge in [0.2, 0.25) is 0 Å². The van der Waals surface area contributed by atoms with Crippen molar-refractivity contribution >= 4 is 23.4 Å². The van der Waals surface area contributed by atoms with E-state index in [1.807, 2.05) is 32.9 Å². The van der Waals surface area contributed by atoms with Crippen molar-refractivity contribution < 1.29 is 9.53 Å². The zero-order valence-electron chi connectivity index (χ0n) is 9.53. The Morgan fingerprint density at radius 3 is 2.31 bits per heavy atom. The van der Waals surface area contributed by atoms with Gasteiger partial charge in [0.15, 0.2) is 0 Å². The molecule has 1 aromatic carbocycles. The van der Waals surface area contributed by atoms with Crippen LogP contribution < -0.4 is 4.90 Å². The molecule has 1 fully saturated rings. The Labute approximate surface area is 100.0 Å². The number of benzene rings is 1. The van der Waals surface area contributed by atoms with Crippen LogP contribution in [0.4, 0.5) is 10.5 Å². The van der Waals surface area contributed by atoms with Gasteiger partial charge in [0.05, 0.1) is 6.04 Å². The minimum absolute atomic E-state index is 0.00109. The first-order valence-electron chi connectivity index (χ1n) is 5.19. The molecule has 2 rings (SSSR count). The molecular formula is C12H14ClNO2. The monoisotopic (exact) mass is 239 g/mol. The van der Waals surface area contributed by atoms with Crippen LogP contribution in [-0.2, 0) is 4.74 Å². The molecule has 0 radical (unpaired) electrons. The first-order valence-corrected chi connectivity index (χ1v) is 5.57. The molecule has 0 aliphatic carbocycles. The maximum absolute atomic E-state index is 11.8. The summed E-state index contributed by atoms with van der Waals surface area (Å²) in [6.45, 7) is 5.79. The summed E-state index contributed by atoms with van der Waals surface area (Å²) in [6, 6.07) is 7.18. The number of hydrogen-bond acceptors (Lipinski definition) is 2. The van der Waals surface area contributed by atoms with Crippen molar-refractivity contribution in [2.45, 2.75) is 32.4 Å². The van der Waals surface area contributed by atoms with Crippen molar-refractivity contribution in [3.8, 4) is 0 Å². The summed E-state index contributed by atoms with van der Waals surface area (Å²) in [6.07, 6.45) is -0.306. The number of hydrogen-bond donors (Lipinski definition) is 0. The summed E-state index contributed by atoms with van der Waals surface area (Å²) < 4.78 is 5.31. The van der Waals surface area contributed by atoms with E-state index in [1.165, 1.54) is 0 Å². The van der Waals surface area contributed by atoms with Gasteiger partial charge in [-0.05, 0) is 45.0 Å². The lowest BCUT2D eigenvalue weighted by atomic mass is 10.0. The standard InChI is InChI=1S/C12H14ClNO2/c1-8-12(2,3)16-11(15)14(8)10-6-4-9(13)5-7-10/h4-8H,1-3H3. The van der Waals surface area contributed by atoms with Gasteiger partial charge in [0, 0.05) is 10.7 Å². The van der Waals surface area contributed by atoms with Crippen LogP contribution in [-0.4, -0.2) is 17.7 Å². The molecule has 0 aromatic heterocycles. The number of ether oxygens (including phenoxy) is 1. The van der Waals surface area contributed by atoms with E-state index in [2.05, 4.69) is 0 Å². The third-order valence-corrected chi connectivity index (χ3v) is 3.30. The van der Waals surface area contributed by atoms with Crippen LogP contribution in [0.3, 0.4) is 0 Å². The van der Waals surface area contributed by atoms with E-state index in [-0.39, 0.29) is 12.1 Å². The number of amides is 1. The predicted molar refractivity (Wildman–Crippen MR) is 64.0 cm³/mol. The maximum atomic E-state index is 11.8. The van der Waals surface area contributed by atoms with E-state index in [0.717, 1.165) is 5.69 Å². The van der Waals surface area contributed by atoms with Crippen LogP contribution in [0.25, 0.3) is 0 Å². The summed E-state index contributed by atoms with van der Waals surface area (Å²) in [5.41, 5.74) is 0.351. The molecule has 4 heteroatoms. The van der Waals surface area contributed by atoms with Gasteiger partial charge in [-0.2, -0.15) is 0 Å². The van der Waals surface area contributed by atoms with E-state index in [1.54, 1.807) is 17.0 Å². The van der Waals surface area contributed by atoms with Crippen LogP contribution >= 0.6 is 11.6 Å². The molecule has 1 amide bonds. The van der Waals surface area contributed by atoms with E-state index in [9.17, 15) is 4.79 Å². The Kier molecular flexibility index (Phi) is 2.58. The second-order valence-electron chi connectivity index (χ2n) is 4.49. The SMILES string of the molecule is CC1N(c2ccc(Cl)cc2)C(=O)OC1(C)C. The Bertz CT molecular complexity index is 414. The van der Waals surface area contributed by atoms with Gasteiger partial charge in [-0.25, -0.2) is 4.79 Å². The van der Waals surface area contributed by atoms with Crippen LogP contribution in [0, 0.1) is 0 Å². The Morgan fingerprint density at radius 2 is 1.88 bits per heavy atom. The number of halogens is 1. The zero-order chi connectivity index (χ0) is 11.9. The molecule has 86 valence electrons. The molecular weight excluding hydrogens is 226 g/mol. The van der Waals surface area contributed by atoms with Crippen LogP contribution in [0.2, 0.25) is 5.02 Å². The molecule has 0 bridgehead atoms. The van der Waals surface area contributed by atoms with Crippen molar-refractivity contribution in [1.82, 2.24) is 0 Å². The molecule has 0 spiro atoms. The van der Waals surface area contributed by atoms with Gasteiger partial charge in [0.25, 0.3) is 0 Å². The van der Waals surface area contributed by atoms with Gasteiger partial charge in [0.1, 0.15) is 5.60 Å². The molecule has 1 aromatic rings. The maximum Gasteiger partial charge on any atom is 0.415 e. The third kappa shape index (κ3) is 1.76. The summed E-state index contributed by atoms with van der Waals surface area (Å²) in [5, 5.41) is 0.656. The first kappa shape index (κ1) is 11.3. The van der Waals surface area contributed by atoms with Crippen molar-refractivity contribution in [2.24, 2.45) is 0 Å². The number of cyclic esters (lactones) is 1. The van der Waals surface area contributed by atoms with E-state index in [0.29, 0.717) is 5.02 Å². The van der Waals surface area contributed by atoms with Crippen molar-refractivity contribution in [3.05, 3.63) is 29.3 Å². The predicted octanol–water partition coefficient (Wildman–Crippen LogP) is 3.46. The van der Waals surface area contributed by atoms with Crippen LogP contribution in [0.1, 0.15) is 20.8 Å². The van der Waals surface area contributed by atoms with Crippen LogP contribution in [0.15, 0.2) is 24.3 Å². The molecule has 1 saturated heterocycles. The largest absolute Gasteiger partial charge is 0.441 e. The van der Waals surface area contributed by atoms with Crippen molar-refractivity contribution in [3.63, 3.8) is 0 Å². The number of anilines is 1. The quantitative estimate of drug-likeness (QED) is 0.751. The Balaban J connectivity index is 2.35. The molecule has 3 nitrogen and oxygen atoms in total. The minimum atomic E-state index is -0.462. The van der Waals surface area contributed by atoms with Gasteiger partial charge in [-0.15, -0.1) is 0 Å². The highest BCUT2D eigenvalue weighted by Crippen LogP contribution is 2.33. The lowest BCUT2D eigenvalue weighted by Crippen LogP contribution is -2.39. The lowest BCUT2D eigenvalue weighted by molar-refractivity contribution is 0.0719. The number of carbonyl (C=O) groups is 1. The highest BCUT2D eigenvalue weighted by atomic mass is 35.5. The molecule has 0 N–H and O–H groups in total. The smallest absolute Gasteiger partial charge is 0.415 e. The Morgan fingerprint density at radius 1 is 1.31 bits per heavy atom. The molecule has 1 unspecified atom stereocenters. The van der Waals surface area contributed by atoms with Crippen molar-refractivity contribution in [1.29, 1.82) is 0 Å². The third-order valence-electron chi connectivity index (χ3n) is 3.05. The fourth-order valence-electron chi connectivity index (χ4n) is 1.76. The average molecular weight is 240 g/mol. The van der Waals surface area contributed by atoms with Gasteiger partial charge >= 0.3 is 6.09 Å². The summed E-state index contributed by atoms with van der Waals surface area (Å²) in [7, 11) is 0. The summed E-state index contributed by atoms with van der Waals surface area (Å²) >= 11 is 5.81. The first-order chi connectivity index (χ1) is 7.42. The highest BCUT2D eigenvalue weighted by molar-refractivity contribution is 6.30. The highest BCUT2D eigenvalue weighted by Gasteiger charge is 2.45. The second-order valence-corrected chi connectivity index (χ2v) is 4.93. The fraction of sp³-hybridized carbons (Fsp3) is 0.417. The number of nitrogens with zero attached hydrogens (tertiary/aromatic N) is 1.